The Labute approximate surface area is 133 Å². The summed E-state index contributed by atoms with van der Waals surface area (Å²) in [5.74, 6) is -0.450. The zero-order chi connectivity index (χ0) is 17.0. The summed E-state index contributed by atoms with van der Waals surface area (Å²) in [4.78, 5) is 27.2. The van der Waals surface area contributed by atoms with Crippen LogP contribution < -0.4 is 10.1 Å². The number of aryl methyl sites for hydroxylation is 1. The van der Waals surface area contributed by atoms with Gasteiger partial charge in [-0.25, -0.2) is 9.78 Å². The van der Waals surface area contributed by atoms with Gasteiger partial charge in [0.2, 0.25) is 0 Å². The summed E-state index contributed by atoms with van der Waals surface area (Å²) < 4.78 is 10.9. The van der Waals surface area contributed by atoms with E-state index in [0.717, 1.165) is 0 Å². The molecule has 0 fully saturated rings. The van der Waals surface area contributed by atoms with Crippen molar-refractivity contribution >= 4 is 11.9 Å². The van der Waals surface area contributed by atoms with E-state index in [0.29, 0.717) is 17.3 Å². The van der Waals surface area contributed by atoms with E-state index in [-0.39, 0.29) is 23.9 Å². The Morgan fingerprint density at radius 2 is 2.17 bits per heavy atom. The highest BCUT2D eigenvalue weighted by molar-refractivity contribution is 5.94. The van der Waals surface area contributed by atoms with Crippen molar-refractivity contribution in [3.8, 4) is 5.75 Å². The van der Waals surface area contributed by atoms with E-state index in [4.69, 9.17) is 14.3 Å². The number of hydrogen-bond acceptors (Lipinski definition) is 5. The Morgan fingerprint density at radius 3 is 2.78 bits per heavy atom. The smallest absolute Gasteiger partial charge is 0.339 e. The molecule has 0 atom stereocenters. The second-order valence-electron chi connectivity index (χ2n) is 5.19. The third kappa shape index (κ3) is 4.09. The van der Waals surface area contributed by atoms with Gasteiger partial charge in [-0.3, -0.25) is 4.79 Å². The number of nitrogens with zero attached hydrogens (tertiary/aromatic N) is 1. The first-order chi connectivity index (χ1) is 10.9. The topological polar surface area (TPSA) is 102 Å². The molecule has 0 aliphatic heterocycles. The molecule has 0 aliphatic rings. The maximum absolute atomic E-state index is 12.2. The predicted octanol–water partition coefficient (Wildman–Crippen LogP) is 2.40. The molecule has 0 saturated carbocycles. The number of aromatic nitrogens is 1. The van der Waals surface area contributed by atoms with Gasteiger partial charge in [-0.1, -0.05) is 0 Å². The average Bonchev–Trinajstić information content (AvgIpc) is 2.86. The van der Waals surface area contributed by atoms with Gasteiger partial charge in [0.05, 0.1) is 12.6 Å². The zero-order valence-electron chi connectivity index (χ0n) is 13.1. The molecule has 2 aromatic heterocycles. The summed E-state index contributed by atoms with van der Waals surface area (Å²) in [6.45, 7) is 5.33. The lowest BCUT2D eigenvalue weighted by atomic mass is 10.2. The fraction of sp³-hybridized carbons (Fsp3) is 0.312. The fourth-order valence-electron chi connectivity index (χ4n) is 2.00. The van der Waals surface area contributed by atoms with Gasteiger partial charge in [0.1, 0.15) is 17.1 Å². The number of amides is 1. The van der Waals surface area contributed by atoms with E-state index in [1.165, 1.54) is 12.3 Å². The number of furan rings is 1. The Kier molecular flexibility index (Phi) is 5.00. The van der Waals surface area contributed by atoms with Crippen LogP contribution in [0.2, 0.25) is 0 Å². The maximum atomic E-state index is 12.2. The minimum absolute atomic E-state index is 0.0602. The highest BCUT2D eigenvalue weighted by Crippen LogP contribution is 2.18. The highest BCUT2D eigenvalue weighted by Gasteiger charge is 2.17. The van der Waals surface area contributed by atoms with E-state index in [2.05, 4.69) is 10.3 Å². The van der Waals surface area contributed by atoms with Gasteiger partial charge in [-0.15, -0.1) is 0 Å². The van der Waals surface area contributed by atoms with E-state index in [1.54, 1.807) is 19.1 Å². The number of ether oxygens (including phenoxy) is 1. The summed E-state index contributed by atoms with van der Waals surface area (Å²) in [7, 11) is 0. The quantitative estimate of drug-likeness (QED) is 0.848. The molecule has 2 aromatic rings. The molecule has 0 spiro atoms. The first-order valence-corrected chi connectivity index (χ1v) is 7.11. The molecule has 2 rings (SSSR count). The molecular formula is C16H18N2O5. The van der Waals surface area contributed by atoms with E-state index >= 15 is 0 Å². The van der Waals surface area contributed by atoms with Crippen molar-refractivity contribution in [3.63, 3.8) is 0 Å². The van der Waals surface area contributed by atoms with Gasteiger partial charge >= 0.3 is 5.97 Å². The van der Waals surface area contributed by atoms with Gasteiger partial charge in [0, 0.05) is 6.20 Å². The molecule has 7 heteroatoms. The number of carbonyl (C=O) groups excluding carboxylic acids is 1. The largest absolute Gasteiger partial charge is 0.489 e. The van der Waals surface area contributed by atoms with Crippen LogP contribution in [0.5, 0.6) is 5.75 Å². The molecule has 1 amide bonds. The Bertz CT molecular complexity index is 721. The molecule has 0 saturated heterocycles. The van der Waals surface area contributed by atoms with Crippen LogP contribution in [-0.4, -0.2) is 28.1 Å². The van der Waals surface area contributed by atoms with Crippen molar-refractivity contribution in [3.05, 3.63) is 47.2 Å². The van der Waals surface area contributed by atoms with Gasteiger partial charge in [-0.2, -0.15) is 0 Å². The second-order valence-corrected chi connectivity index (χ2v) is 5.19. The molecule has 7 nitrogen and oxygen atoms in total. The van der Waals surface area contributed by atoms with E-state index < -0.39 is 11.9 Å². The Morgan fingerprint density at radius 1 is 1.43 bits per heavy atom. The van der Waals surface area contributed by atoms with Gasteiger partial charge in [0.15, 0.2) is 11.4 Å². The molecule has 0 bridgehead atoms. The highest BCUT2D eigenvalue weighted by atomic mass is 16.5. The van der Waals surface area contributed by atoms with Crippen LogP contribution in [0.3, 0.4) is 0 Å². The summed E-state index contributed by atoms with van der Waals surface area (Å²) in [6.07, 6.45) is 1.42. The van der Waals surface area contributed by atoms with Gasteiger partial charge in [0.25, 0.3) is 5.91 Å². The molecule has 0 aromatic carbocycles. The number of carboxylic acids is 1. The lowest BCUT2D eigenvalue weighted by Crippen LogP contribution is -2.25. The number of carbonyl (C=O) groups is 2. The van der Waals surface area contributed by atoms with Crippen molar-refractivity contribution < 1.29 is 23.8 Å². The van der Waals surface area contributed by atoms with Gasteiger partial charge in [-0.05, 0) is 39.0 Å². The first kappa shape index (κ1) is 16.5. The van der Waals surface area contributed by atoms with Crippen LogP contribution in [0.25, 0.3) is 0 Å². The van der Waals surface area contributed by atoms with Crippen molar-refractivity contribution in [2.24, 2.45) is 0 Å². The second kappa shape index (κ2) is 6.95. The van der Waals surface area contributed by atoms with Crippen LogP contribution in [-0.2, 0) is 6.54 Å². The van der Waals surface area contributed by atoms with Crippen LogP contribution >= 0.6 is 0 Å². The summed E-state index contributed by atoms with van der Waals surface area (Å²) >= 11 is 0. The van der Waals surface area contributed by atoms with Crippen LogP contribution in [0.15, 0.2) is 28.8 Å². The molecule has 122 valence electrons. The fourth-order valence-corrected chi connectivity index (χ4v) is 2.00. The third-order valence-corrected chi connectivity index (χ3v) is 2.97. The number of aromatic carboxylic acids is 1. The number of hydrogen-bond donors (Lipinski definition) is 2. The number of pyridine rings is 1. The molecular weight excluding hydrogens is 300 g/mol. The molecule has 23 heavy (non-hydrogen) atoms. The SMILES string of the molecule is Cc1oc(CNC(=O)c2ncccc2OC(C)C)cc1C(=O)O. The maximum Gasteiger partial charge on any atom is 0.339 e. The molecule has 0 radical (unpaired) electrons. The predicted molar refractivity (Wildman–Crippen MR) is 81.6 cm³/mol. The normalized spacial score (nSPS) is 10.6. The summed E-state index contributed by atoms with van der Waals surface area (Å²) in [5.41, 5.74) is 0.249. The lowest BCUT2D eigenvalue weighted by molar-refractivity contribution is 0.0694. The number of carboxylic acid groups (broad SMARTS) is 1. The lowest BCUT2D eigenvalue weighted by Gasteiger charge is -2.12. The Balaban J connectivity index is 2.08. The molecule has 2 heterocycles. The average molecular weight is 318 g/mol. The number of rotatable bonds is 6. The molecule has 0 aliphatic carbocycles. The van der Waals surface area contributed by atoms with Crippen LogP contribution in [0, 0.1) is 6.92 Å². The van der Waals surface area contributed by atoms with Crippen molar-refractivity contribution in [1.82, 2.24) is 10.3 Å². The number of nitrogens with one attached hydrogen (secondary N) is 1. The van der Waals surface area contributed by atoms with Gasteiger partial charge < -0.3 is 19.6 Å². The third-order valence-electron chi connectivity index (χ3n) is 2.97. The van der Waals surface area contributed by atoms with Crippen molar-refractivity contribution in [1.29, 1.82) is 0 Å². The van der Waals surface area contributed by atoms with Crippen molar-refractivity contribution in [2.75, 3.05) is 0 Å². The minimum Gasteiger partial charge on any atom is -0.489 e. The molecule has 0 unspecified atom stereocenters. The van der Waals surface area contributed by atoms with Crippen LogP contribution in [0.4, 0.5) is 0 Å². The Hall–Kier alpha value is -2.83. The zero-order valence-corrected chi connectivity index (χ0v) is 13.1. The van der Waals surface area contributed by atoms with Crippen molar-refractivity contribution in [2.45, 2.75) is 33.4 Å². The van der Waals surface area contributed by atoms with Crippen LogP contribution in [0.1, 0.15) is 46.2 Å². The minimum atomic E-state index is -1.07. The van der Waals surface area contributed by atoms with E-state index in [1.807, 2.05) is 13.8 Å². The monoisotopic (exact) mass is 318 g/mol. The first-order valence-electron chi connectivity index (χ1n) is 7.11. The van der Waals surface area contributed by atoms with E-state index in [9.17, 15) is 9.59 Å². The molecule has 2 N–H and O–H groups in total. The summed E-state index contributed by atoms with van der Waals surface area (Å²) in [5, 5.41) is 11.6. The standard InChI is InChI=1S/C16H18N2O5/c1-9(2)22-13-5-4-6-17-14(13)15(19)18-8-11-7-12(16(20)21)10(3)23-11/h4-7,9H,8H2,1-3H3,(H,18,19)(H,20,21). The summed E-state index contributed by atoms with van der Waals surface area (Å²) in [6, 6.07) is 4.74.